The van der Waals surface area contributed by atoms with Crippen LogP contribution in [-0.4, -0.2) is 33.5 Å². The molecule has 1 aliphatic heterocycles. The number of fused-ring (bicyclic) bond motifs is 1. The summed E-state index contributed by atoms with van der Waals surface area (Å²) in [6, 6.07) is 4.88. The standard InChI is InChI=1S/C14H13N3O4/c18-12(10-7-15-14(21)16-10)17-6-2-4-8-9(13(19)20)3-1-5-11(8)17/h1,3,5,7H,2,4,6H2,(H,19,20)(H2,15,16,21). The van der Waals surface area contributed by atoms with E-state index in [2.05, 4.69) is 9.97 Å². The fourth-order valence-electron chi connectivity index (χ4n) is 2.63. The van der Waals surface area contributed by atoms with E-state index < -0.39 is 11.7 Å². The Kier molecular flexibility index (Phi) is 3.09. The summed E-state index contributed by atoms with van der Waals surface area (Å²) >= 11 is 0. The van der Waals surface area contributed by atoms with Crippen molar-refractivity contribution >= 4 is 17.6 Å². The quantitative estimate of drug-likeness (QED) is 0.765. The van der Waals surface area contributed by atoms with Crippen molar-refractivity contribution < 1.29 is 14.7 Å². The molecule has 0 saturated heterocycles. The number of hydrogen-bond donors (Lipinski definition) is 3. The average molecular weight is 287 g/mol. The van der Waals surface area contributed by atoms with Crippen LogP contribution in [0.1, 0.15) is 32.8 Å². The Bertz CT molecular complexity index is 775. The Morgan fingerprint density at radius 2 is 2.10 bits per heavy atom. The number of nitrogens with zero attached hydrogens (tertiary/aromatic N) is 1. The van der Waals surface area contributed by atoms with Gasteiger partial charge in [0.05, 0.1) is 5.56 Å². The second-order valence-corrected chi connectivity index (χ2v) is 4.83. The first-order valence-electron chi connectivity index (χ1n) is 6.52. The number of carboxylic acids is 1. The SMILES string of the molecule is O=C(O)c1cccc2c1CCCN2C(=O)c1c[nH]c(=O)[nH]1. The van der Waals surface area contributed by atoms with E-state index >= 15 is 0 Å². The molecule has 108 valence electrons. The molecular weight excluding hydrogens is 274 g/mol. The second kappa shape index (κ2) is 4.93. The van der Waals surface area contributed by atoms with E-state index in [1.165, 1.54) is 17.2 Å². The van der Waals surface area contributed by atoms with Gasteiger partial charge in [-0.25, -0.2) is 9.59 Å². The molecule has 3 rings (SSSR count). The molecular formula is C14H13N3O4. The second-order valence-electron chi connectivity index (χ2n) is 4.83. The highest BCUT2D eigenvalue weighted by molar-refractivity contribution is 6.06. The van der Waals surface area contributed by atoms with Crippen molar-refractivity contribution in [2.75, 3.05) is 11.4 Å². The van der Waals surface area contributed by atoms with Crippen molar-refractivity contribution in [2.45, 2.75) is 12.8 Å². The number of rotatable bonds is 2. The Morgan fingerprint density at radius 3 is 2.76 bits per heavy atom. The minimum absolute atomic E-state index is 0.161. The van der Waals surface area contributed by atoms with E-state index in [0.717, 1.165) is 0 Å². The summed E-state index contributed by atoms with van der Waals surface area (Å²) < 4.78 is 0. The summed E-state index contributed by atoms with van der Waals surface area (Å²) in [5.41, 5.74) is 1.17. The Balaban J connectivity index is 2.05. The topological polar surface area (TPSA) is 106 Å². The van der Waals surface area contributed by atoms with Crippen LogP contribution in [0.25, 0.3) is 0 Å². The zero-order valence-electron chi connectivity index (χ0n) is 11.0. The zero-order chi connectivity index (χ0) is 15.0. The zero-order valence-corrected chi connectivity index (χ0v) is 11.0. The third-order valence-electron chi connectivity index (χ3n) is 3.55. The van der Waals surface area contributed by atoms with E-state index in [0.29, 0.717) is 30.6 Å². The van der Waals surface area contributed by atoms with Crippen molar-refractivity contribution in [1.29, 1.82) is 0 Å². The highest BCUT2D eigenvalue weighted by atomic mass is 16.4. The molecule has 0 saturated carbocycles. The number of aromatic amines is 2. The molecule has 0 atom stereocenters. The molecule has 7 heteroatoms. The molecule has 21 heavy (non-hydrogen) atoms. The molecule has 0 bridgehead atoms. The van der Waals surface area contributed by atoms with Gasteiger partial charge in [0.25, 0.3) is 5.91 Å². The van der Waals surface area contributed by atoms with Crippen LogP contribution >= 0.6 is 0 Å². The van der Waals surface area contributed by atoms with Crippen LogP contribution in [0.3, 0.4) is 0 Å². The van der Waals surface area contributed by atoms with Crippen molar-refractivity contribution in [3.05, 3.63) is 51.7 Å². The maximum absolute atomic E-state index is 12.4. The van der Waals surface area contributed by atoms with Crippen LogP contribution in [0.15, 0.2) is 29.2 Å². The molecule has 0 spiro atoms. The molecule has 0 fully saturated rings. The van der Waals surface area contributed by atoms with Gasteiger partial charge in [-0.3, -0.25) is 4.79 Å². The summed E-state index contributed by atoms with van der Waals surface area (Å²) in [7, 11) is 0. The van der Waals surface area contributed by atoms with Gasteiger partial charge in [-0.2, -0.15) is 0 Å². The minimum Gasteiger partial charge on any atom is -0.478 e. The van der Waals surface area contributed by atoms with Gasteiger partial charge in [0.15, 0.2) is 0 Å². The van der Waals surface area contributed by atoms with Crippen molar-refractivity contribution in [2.24, 2.45) is 0 Å². The number of hydrogen-bond acceptors (Lipinski definition) is 3. The van der Waals surface area contributed by atoms with Crippen molar-refractivity contribution in [3.63, 3.8) is 0 Å². The summed E-state index contributed by atoms with van der Waals surface area (Å²) in [6.45, 7) is 0.488. The summed E-state index contributed by atoms with van der Waals surface area (Å²) in [5, 5.41) is 9.23. The predicted octanol–water partition coefficient (Wildman–Crippen LogP) is 0.994. The first-order valence-corrected chi connectivity index (χ1v) is 6.52. The van der Waals surface area contributed by atoms with E-state index in [9.17, 15) is 19.5 Å². The Morgan fingerprint density at radius 1 is 1.29 bits per heavy atom. The number of imidazole rings is 1. The molecule has 1 aromatic carbocycles. The van der Waals surface area contributed by atoms with E-state index in [1.807, 2.05) is 0 Å². The van der Waals surface area contributed by atoms with Crippen molar-refractivity contribution in [1.82, 2.24) is 9.97 Å². The molecule has 1 aromatic heterocycles. The first-order chi connectivity index (χ1) is 10.1. The third-order valence-corrected chi connectivity index (χ3v) is 3.55. The highest BCUT2D eigenvalue weighted by Crippen LogP contribution is 2.30. The molecule has 2 aromatic rings. The number of nitrogens with one attached hydrogen (secondary N) is 2. The van der Waals surface area contributed by atoms with Crippen LogP contribution in [0.4, 0.5) is 5.69 Å². The number of benzene rings is 1. The minimum atomic E-state index is -1.00. The summed E-state index contributed by atoms with van der Waals surface area (Å²) in [6.07, 6.45) is 2.61. The van der Waals surface area contributed by atoms with E-state index in [1.54, 1.807) is 12.1 Å². The lowest BCUT2D eigenvalue weighted by Gasteiger charge is -2.29. The molecule has 1 aliphatic rings. The number of carbonyl (C=O) groups is 2. The van der Waals surface area contributed by atoms with Crippen LogP contribution < -0.4 is 10.6 Å². The van der Waals surface area contributed by atoms with E-state index in [4.69, 9.17) is 0 Å². The van der Waals surface area contributed by atoms with Gasteiger partial charge in [0.1, 0.15) is 5.69 Å². The predicted molar refractivity (Wildman–Crippen MR) is 74.8 cm³/mol. The molecule has 2 heterocycles. The molecule has 1 amide bonds. The number of H-pyrrole nitrogens is 2. The van der Waals surface area contributed by atoms with Crippen LogP contribution in [-0.2, 0) is 6.42 Å². The molecule has 0 radical (unpaired) electrons. The average Bonchev–Trinajstić information content (AvgIpc) is 2.91. The number of anilines is 1. The molecule has 0 unspecified atom stereocenters. The number of carbonyl (C=O) groups excluding carboxylic acids is 1. The fourth-order valence-corrected chi connectivity index (χ4v) is 2.63. The lowest BCUT2D eigenvalue weighted by Crippen LogP contribution is -2.36. The number of carboxylic acid groups (broad SMARTS) is 1. The van der Waals surface area contributed by atoms with Crippen LogP contribution in [0.2, 0.25) is 0 Å². The largest absolute Gasteiger partial charge is 0.478 e. The maximum Gasteiger partial charge on any atom is 0.336 e. The maximum atomic E-state index is 12.4. The van der Waals surface area contributed by atoms with Gasteiger partial charge in [0.2, 0.25) is 0 Å². The Hall–Kier alpha value is -2.83. The third kappa shape index (κ3) is 2.22. The van der Waals surface area contributed by atoms with Gasteiger partial charge in [-0.15, -0.1) is 0 Å². The van der Waals surface area contributed by atoms with Gasteiger partial charge in [-0.1, -0.05) is 6.07 Å². The monoisotopic (exact) mass is 287 g/mol. The lowest BCUT2D eigenvalue weighted by molar-refractivity contribution is 0.0695. The number of aromatic nitrogens is 2. The Labute approximate surface area is 119 Å². The lowest BCUT2D eigenvalue weighted by atomic mass is 9.96. The van der Waals surface area contributed by atoms with Gasteiger partial charge >= 0.3 is 11.7 Å². The van der Waals surface area contributed by atoms with Gasteiger partial charge < -0.3 is 20.0 Å². The molecule has 0 aliphatic carbocycles. The smallest absolute Gasteiger partial charge is 0.336 e. The normalized spacial score (nSPS) is 13.8. The number of aromatic carboxylic acids is 1. The number of amides is 1. The molecule has 3 N–H and O–H groups in total. The van der Waals surface area contributed by atoms with Crippen molar-refractivity contribution in [3.8, 4) is 0 Å². The highest BCUT2D eigenvalue weighted by Gasteiger charge is 2.27. The summed E-state index contributed by atoms with van der Waals surface area (Å²) in [4.78, 5) is 41.1. The molecule has 7 nitrogen and oxygen atoms in total. The van der Waals surface area contributed by atoms with Crippen LogP contribution in [0.5, 0.6) is 0 Å². The van der Waals surface area contributed by atoms with Crippen LogP contribution in [0, 0.1) is 0 Å². The summed E-state index contributed by atoms with van der Waals surface area (Å²) in [5.74, 6) is -1.35. The van der Waals surface area contributed by atoms with Gasteiger partial charge in [-0.05, 0) is 30.5 Å². The van der Waals surface area contributed by atoms with E-state index in [-0.39, 0.29) is 17.2 Å². The first kappa shape index (κ1) is 13.2. The fraction of sp³-hybridized carbons (Fsp3) is 0.214. The van der Waals surface area contributed by atoms with Gasteiger partial charge in [0, 0.05) is 18.4 Å².